The summed E-state index contributed by atoms with van der Waals surface area (Å²) >= 11 is 0. The molecule has 1 saturated carbocycles. The summed E-state index contributed by atoms with van der Waals surface area (Å²) < 4.78 is 7.39. The topological polar surface area (TPSA) is 79.8 Å². The number of anilines is 1. The molecule has 0 bridgehead atoms. The highest BCUT2D eigenvalue weighted by molar-refractivity contribution is 5.95. The van der Waals surface area contributed by atoms with E-state index in [0.717, 1.165) is 49.0 Å². The fourth-order valence-electron chi connectivity index (χ4n) is 3.97. The number of likely N-dealkylation sites (N-methyl/N-ethyl adjacent to an activating group) is 1. The molecule has 5 rings (SSSR count). The molecule has 1 aliphatic carbocycles. The van der Waals surface area contributed by atoms with Crippen molar-refractivity contribution in [3.63, 3.8) is 0 Å². The van der Waals surface area contributed by atoms with Crippen LogP contribution in [0.4, 0.5) is 5.82 Å². The average molecular weight is 380 g/mol. The van der Waals surface area contributed by atoms with Crippen molar-refractivity contribution in [2.75, 3.05) is 25.0 Å². The van der Waals surface area contributed by atoms with E-state index in [0.29, 0.717) is 17.2 Å². The van der Waals surface area contributed by atoms with Crippen molar-refractivity contribution < 1.29 is 9.21 Å². The van der Waals surface area contributed by atoms with Gasteiger partial charge >= 0.3 is 0 Å². The molecule has 8 heteroatoms. The van der Waals surface area contributed by atoms with E-state index in [1.54, 1.807) is 0 Å². The summed E-state index contributed by atoms with van der Waals surface area (Å²) in [5, 5.41) is 13.4. The van der Waals surface area contributed by atoms with Crippen molar-refractivity contribution >= 4 is 17.4 Å². The van der Waals surface area contributed by atoms with Gasteiger partial charge in [0.25, 0.3) is 5.91 Å². The predicted molar refractivity (Wildman–Crippen MR) is 104 cm³/mol. The molecule has 1 saturated heterocycles. The van der Waals surface area contributed by atoms with E-state index >= 15 is 0 Å². The number of nitrogens with zero attached hydrogens (tertiary/aromatic N) is 6. The van der Waals surface area contributed by atoms with Gasteiger partial charge in [-0.05, 0) is 44.9 Å². The average Bonchev–Trinajstić information content (AvgIpc) is 3.14. The number of aryl methyl sites for hydroxylation is 2. The Hall–Kier alpha value is -2.90. The van der Waals surface area contributed by atoms with Gasteiger partial charge in [-0.15, -0.1) is 15.3 Å². The van der Waals surface area contributed by atoms with Crippen molar-refractivity contribution in [1.29, 1.82) is 0 Å². The molecule has 1 amide bonds. The first-order chi connectivity index (χ1) is 13.5. The lowest BCUT2D eigenvalue weighted by atomic mass is 9.85. The van der Waals surface area contributed by atoms with Gasteiger partial charge < -0.3 is 14.2 Å². The zero-order valence-electron chi connectivity index (χ0n) is 16.4. The number of hydrogen-bond donors (Lipinski definition) is 0. The Kier molecular flexibility index (Phi) is 3.89. The van der Waals surface area contributed by atoms with E-state index in [9.17, 15) is 4.79 Å². The fourth-order valence-corrected chi connectivity index (χ4v) is 3.97. The molecule has 0 radical (unpaired) electrons. The van der Waals surface area contributed by atoms with E-state index in [4.69, 9.17) is 9.52 Å². The first-order valence-electron chi connectivity index (χ1n) is 9.83. The van der Waals surface area contributed by atoms with Crippen molar-refractivity contribution in [2.45, 2.75) is 45.1 Å². The lowest BCUT2D eigenvalue weighted by molar-refractivity contribution is 0.0703. The summed E-state index contributed by atoms with van der Waals surface area (Å²) in [6.07, 6.45) is 3.58. The molecule has 2 aliphatic rings. The molecule has 0 atom stereocenters. The normalized spacial score (nSPS) is 17.6. The Morgan fingerprint density at radius 2 is 2.00 bits per heavy atom. The van der Waals surface area contributed by atoms with Crippen LogP contribution < -0.4 is 4.90 Å². The van der Waals surface area contributed by atoms with Crippen molar-refractivity contribution in [1.82, 2.24) is 24.7 Å². The maximum absolute atomic E-state index is 12.8. The number of aromatic nitrogens is 4. The Morgan fingerprint density at radius 3 is 2.64 bits per heavy atom. The van der Waals surface area contributed by atoms with Gasteiger partial charge in [-0.3, -0.25) is 4.79 Å². The number of hydrogen-bond acceptors (Lipinski definition) is 6. The summed E-state index contributed by atoms with van der Waals surface area (Å²) in [4.78, 5) is 16.8. The zero-order valence-corrected chi connectivity index (χ0v) is 16.4. The van der Waals surface area contributed by atoms with Crippen LogP contribution in [0.3, 0.4) is 0 Å². The van der Waals surface area contributed by atoms with Crippen LogP contribution in [0.5, 0.6) is 0 Å². The van der Waals surface area contributed by atoms with Crippen LogP contribution in [0.25, 0.3) is 5.65 Å². The zero-order chi connectivity index (χ0) is 19.4. The minimum atomic E-state index is 0.00786. The molecule has 28 heavy (non-hydrogen) atoms. The predicted octanol–water partition coefficient (Wildman–Crippen LogP) is 2.56. The van der Waals surface area contributed by atoms with Gasteiger partial charge in [-0.2, -0.15) is 4.52 Å². The summed E-state index contributed by atoms with van der Waals surface area (Å²) in [6, 6.07) is 5.92. The summed E-state index contributed by atoms with van der Waals surface area (Å²) in [5.41, 5.74) is 1.44. The molecule has 3 aromatic rings. The molecule has 4 heterocycles. The molecule has 0 spiro atoms. The molecule has 3 aromatic heterocycles. The van der Waals surface area contributed by atoms with Crippen LogP contribution in [-0.2, 0) is 0 Å². The maximum atomic E-state index is 12.8. The standard InChI is InChI=1S/C20H24N6O2/c1-12-9-16(13(2)28-12)20(27)24(3)15-10-25(11-15)18-8-7-17-21-22-19(26(17)23-18)14-5-4-6-14/h7-9,14-15H,4-6,10-11H2,1-3H3. The Morgan fingerprint density at radius 1 is 1.21 bits per heavy atom. The van der Waals surface area contributed by atoms with Gasteiger partial charge in [0.1, 0.15) is 17.3 Å². The Balaban J connectivity index is 1.30. The SMILES string of the molecule is Cc1cc(C(=O)N(C)C2CN(c3ccc4nnc(C5CCC5)n4n3)C2)c(C)o1. The van der Waals surface area contributed by atoms with E-state index in [1.807, 2.05) is 48.5 Å². The van der Waals surface area contributed by atoms with Gasteiger partial charge in [0.2, 0.25) is 0 Å². The van der Waals surface area contributed by atoms with Crippen molar-refractivity contribution in [3.05, 3.63) is 41.1 Å². The van der Waals surface area contributed by atoms with Gasteiger partial charge in [0, 0.05) is 26.1 Å². The largest absolute Gasteiger partial charge is 0.466 e. The number of amides is 1. The Labute approximate surface area is 163 Å². The van der Waals surface area contributed by atoms with Crippen molar-refractivity contribution in [3.8, 4) is 0 Å². The second-order valence-corrected chi connectivity index (χ2v) is 7.95. The molecular weight excluding hydrogens is 356 g/mol. The lowest BCUT2D eigenvalue weighted by Gasteiger charge is -2.44. The van der Waals surface area contributed by atoms with Crippen LogP contribution in [0.15, 0.2) is 22.6 Å². The number of rotatable bonds is 4. The van der Waals surface area contributed by atoms with Crippen LogP contribution in [0.1, 0.15) is 52.9 Å². The number of carbonyl (C=O) groups is 1. The smallest absolute Gasteiger partial charge is 0.257 e. The van der Waals surface area contributed by atoms with Crippen LogP contribution in [0.2, 0.25) is 0 Å². The minimum Gasteiger partial charge on any atom is -0.466 e. The second-order valence-electron chi connectivity index (χ2n) is 7.95. The third-order valence-corrected chi connectivity index (χ3v) is 6.07. The molecule has 0 aromatic carbocycles. The van der Waals surface area contributed by atoms with Gasteiger partial charge in [0.15, 0.2) is 11.5 Å². The molecule has 1 aliphatic heterocycles. The third-order valence-electron chi connectivity index (χ3n) is 6.07. The fraction of sp³-hybridized carbons (Fsp3) is 0.500. The highest BCUT2D eigenvalue weighted by atomic mass is 16.3. The monoisotopic (exact) mass is 380 g/mol. The van der Waals surface area contributed by atoms with Crippen molar-refractivity contribution in [2.24, 2.45) is 0 Å². The number of furan rings is 1. The van der Waals surface area contributed by atoms with E-state index in [2.05, 4.69) is 15.1 Å². The molecule has 2 fully saturated rings. The van der Waals surface area contributed by atoms with Gasteiger partial charge in [0.05, 0.1) is 11.6 Å². The highest BCUT2D eigenvalue weighted by Crippen LogP contribution is 2.35. The minimum absolute atomic E-state index is 0.00786. The van der Waals surface area contributed by atoms with Crippen LogP contribution >= 0.6 is 0 Å². The quantitative estimate of drug-likeness (QED) is 0.692. The lowest BCUT2D eigenvalue weighted by Crippen LogP contribution is -2.60. The number of fused-ring (bicyclic) bond motifs is 1. The molecule has 0 N–H and O–H groups in total. The first kappa shape index (κ1) is 17.2. The van der Waals surface area contributed by atoms with E-state index in [1.165, 1.54) is 6.42 Å². The summed E-state index contributed by atoms with van der Waals surface area (Å²) in [7, 11) is 1.86. The van der Waals surface area contributed by atoms with Crippen LogP contribution in [-0.4, -0.2) is 56.8 Å². The van der Waals surface area contributed by atoms with E-state index < -0.39 is 0 Å². The van der Waals surface area contributed by atoms with Gasteiger partial charge in [-0.25, -0.2) is 0 Å². The maximum Gasteiger partial charge on any atom is 0.257 e. The molecule has 0 unspecified atom stereocenters. The van der Waals surface area contributed by atoms with E-state index in [-0.39, 0.29) is 11.9 Å². The van der Waals surface area contributed by atoms with Crippen LogP contribution in [0, 0.1) is 13.8 Å². The molecule has 146 valence electrons. The summed E-state index contributed by atoms with van der Waals surface area (Å²) in [5.74, 6) is 3.80. The number of carbonyl (C=O) groups excluding carboxylic acids is 1. The molecule has 8 nitrogen and oxygen atoms in total. The first-order valence-corrected chi connectivity index (χ1v) is 9.83. The molecular formula is C20H24N6O2. The van der Waals surface area contributed by atoms with Gasteiger partial charge in [-0.1, -0.05) is 6.42 Å². The summed E-state index contributed by atoms with van der Waals surface area (Å²) in [6.45, 7) is 5.22. The third kappa shape index (κ3) is 2.66. The second kappa shape index (κ2) is 6.32. The Bertz CT molecular complexity index is 1040. The highest BCUT2D eigenvalue weighted by Gasteiger charge is 2.35.